The number of thiazole rings is 1. The molecule has 0 bridgehead atoms. The second-order valence-electron chi connectivity index (χ2n) is 9.91. The van der Waals surface area contributed by atoms with Gasteiger partial charge in [0.2, 0.25) is 0 Å². The Morgan fingerprint density at radius 1 is 1.00 bits per heavy atom. The second-order valence-corrected chi connectivity index (χ2v) is 10.9. The monoisotopic (exact) mass is 571 g/mol. The van der Waals surface area contributed by atoms with Crippen LogP contribution in [-0.2, 0) is 9.53 Å². The Labute approximate surface area is 242 Å². The number of aryl methyl sites for hydroxylation is 2. The molecule has 1 atom stereocenters. The molecule has 212 valence electrons. The van der Waals surface area contributed by atoms with E-state index >= 15 is 0 Å². The molecular formula is C32H33N3O5S. The molecule has 1 aliphatic heterocycles. The molecule has 8 nitrogen and oxygen atoms in total. The molecular weight excluding hydrogens is 538 g/mol. The van der Waals surface area contributed by atoms with Crippen molar-refractivity contribution in [1.29, 1.82) is 0 Å². The van der Waals surface area contributed by atoms with Gasteiger partial charge in [-0.3, -0.25) is 9.36 Å². The van der Waals surface area contributed by atoms with Crippen LogP contribution < -0.4 is 24.4 Å². The fourth-order valence-corrected chi connectivity index (χ4v) is 6.33. The van der Waals surface area contributed by atoms with E-state index in [1.54, 1.807) is 44.8 Å². The molecule has 2 aromatic carbocycles. The van der Waals surface area contributed by atoms with Gasteiger partial charge in [-0.25, -0.2) is 9.79 Å². The van der Waals surface area contributed by atoms with Gasteiger partial charge in [0.25, 0.3) is 5.56 Å². The molecule has 9 heteroatoms. The lowest BCUT2D eigenvalue weighted by molar-refractivity contribution is -0.139. The molecule has 0 radical (unpaired) electrons. The summed E-state index contributed by atoms with van der Waals surface area (Å²) in [5.41, 5.74) is 6.56. The fourth-order valence-electron chi connectivity index (χ4n) is 5.30. The molecule has 2 aromatic heterocycles. The van der Waals surface area contributed by atoms with Crippen molar-refractivity contribution in [2.24, 2.45) is 4.99 Å². The van der Waals surface area contributed by atoms with Gasteiger partial charge >= 0.3 is 5.97 Å². The first kappa shape index (κ1) is 28.2. The lowest BCUT2D eigenvalue weighted by atomic mass is 9.95. The van der Waals surface area contributed by atoms with Gasteiger partial charge in [-0.15, -0.1) is 0 Å². The third kappa shape index (κ3) is 5.02. The van der Waals surface area contributed by atoms with E-state index < -0.39 is 12.0 Å². The summed E-state index contributed by atoms with van der Waals surface area (Å²) in [7, 11) is 3.11. The van der Waals surface area contributed by atoms with Gasteiger partial charge in [0.15, 0.2) is 16.3 Å². The molecule has 3 heterocycles. The molecule has 0 aliphatic carbocycles. The van der Waals surface area contributed by atoms with Crippen molar-refractivity contribution in [2.75, 3.05) is 20.8 Å². The minimum absolute atomic E-state index is 0.204. The summed E-state index contributed by atoms with van der Waals surface area (Å²) in [5, 5.41) is 0. The number of fused-ring (bicyclic) bond motifs is 1. The average Bonchev–Trinajstić information content (AvgIpc) is 3.41. The van der Waals surface area contributed by atoms with E-state index in [1.165, 1.54) is 16.9 Å². The highest BCUT2D eigenvalue weighted by Crippen LogP contribution is 2.36. The minimum Gasteiger partial charge on any atom is -0.493 e. The maximum Gasteiger partial charge on any atom is 0.338 e. The van der Waals surface area contributed by atoms with Crippen molar-refractivity contribution < 1.29 is 19.0 Å². The summed E-state index contributed by atoms with van der Waals surface area (Å²) in [6, 6.07) is 15.1. The van der Waals surface area contributed by atoms with Crippen LogP contribution in [0.25, 0.3) is 11.8 Å². The standard InChI is InChI=1S/C32H33N3O5S/c1-8-40-31(37)28-20(4)33-32-35(29(28)22-11-14-25(38-6)26(16-22)39-7)30(36)27(41-32)17-23-15-19(3)34(21(23)5)24-12-9-18(2)10-13-24/h9-17,29H,8H2,1-7H3/b27-17-/t29-/m1/s1. The van der Waals surface area contributed by atoms with Crippen LogP contribution in [0.3, 0.4) is 0 Å². The summed E-state index contributed by atoms with van der Waals surface area (Å²) in [4.78, 5) is 32.5. The molecule has 0 spiro atoms. The van der Waals surface area contributed by atoms with Crippen LogP contribution in [-0.4, -0.2) is 35.9 Å². The molecule has 4 aromatic rings. The average molecular weight is 572 g/mol. The summed E-state index contributed by atoms with van der Waals surface area (Å²) < 4.78 is 20.6. The summed E-state index contributed by atoms with van der Waals surface area (Å²) in [6.07, 6.45) is 1.91. The SMILES string of the molecule is CCOC(=O)C1=C(C)N=c2s/c(=C\c3cc(C)n(-c4ccc(C)cc4)c3C)c(=O)n2[C@@H]1c1ccc(OC)c(OC)c1. The number of esters is 1. The smallest absolute Gasteiger partial charge is 0.338 e. The van der Waals surface area contributed by atoms with Crippen LogP contribution in [0.5, 0.6) is 11.5 Å². The van der Waals surface area contributed by atoms with Crippen LogP contribution in [0.15, 0.2) is 69.6 Å². The van der Waals surface area contributed by atoms with E-state index in [9.17, 15) is 9.59 Å². The Morgan fingerprint density at radius 2 is 1.71 bits per heavy atom. The Balaban J connectivity index is 1.70. The van der Waals surface area contributed by atoms with Crippen LogP contribution in [0.1, 0.15) is 48.0 Å². The Kier molecular flexibility index (Phi) is 7.73. The Bertz CT molecular complexity index is 1860. The van der Waals surface area contributed by atoms with E-state index in [1.807, 2.05) is 19.1 Å². The maximum absolute atomic E-state index is 14.1. The molecule has 0 N–H and O–H groups in total. The number of ether oxygens (including phenoxy) is 3. The number of hydrogen-bond donors (Lipinski definition) is 0. The van der Waals surface area contributed by atoms with Gasteiger partial charge in [0, 0.05) is 17.1 Å². The van der Waals surface area contributed by atoms with Crippen molar-refractivity contribution in [1.82, 2.24) is 9.13 Å². The summed E-state index contributed by atoms with van der Waals surface area (Å²) in [5.74, 6) is 0.531. The van der Waals surface area contributed by atoms with E-state index in [0.717, 1.165) is 22.6 Å². The highest BCUT2D eigenvalue weighted by Gasteiger charge is 2.34. The molecule has 41 heavy (non-hydrogen) atoms. The predicted molar refractivity (Wildman–Crippen MR) is 160 cm³/mol. The van der Waals surface area contributed by atoms with E-state index in [-0.39, 0.29) is 12.2 Å². The Morgan fingerprint density at radius 3 is 2.37 bits per heavy atom. The normalized spacial score (nSPS) is 15.0. The fraction of sp³-hybridized carbons (Fsp3) is 0.281. The molecule has 0 unspecified atom stereocenters. The zero-order chi connectivity index (χ0) is 29.4. The second kappa shape index (κ2) is 11.2. The molecule has 0 saturated carbocycles. The Hall–Kier alpha value is -4.37. The number of methoxy groups -OCH3 is 2. The number of benzene rings is 2. The van der Waals surface area contributed by atoms with E-state index in [0.29, 0.717) is 37.7 Å². The van der Waals surface area contributed by atoms with E-state index in [4.69, 9.17) is 14.2 Å². The topological polar surface area (TPSA) is 84.1 Å². The third-order valence-corrected chi connectivity index (χ3v) is 8.27. The lowest BCUT2D eigenvalue weighted by Gasteiger charge is -2.25. The van der Waals surface area contributed by atoms with Crippen molar-refractivity contribution >= 4 is 23.4 Å². The lowest BCUT2D eigenvalue weighted by Crippen LogP contribution is -2.40. The predicted octanol–water partition coefficient (Wildman–Crippen LogP) is 4.53. The highest BCUT2D eigenvalue weighted by molar-refractivity contribution is 7.07. The number of nitrogens with zero attached hydrogens (tertiary/aromatic N) is 3. The summed E-state index contributed by atoms with van der Waals surface area (Å²) in [6.45, 7) is 9.89. The molecule has 0 saturated heterocycles. The van der Waals surface area contributed by atoms with Crippen molar-refractivity contribution in [3.8, 4) is 17.2 Å². The van der Waals surface area contributed by atoms with Gasteiger partial charge in [-0.1, -0.05) is 35.1 Å². The van der Waals surface area contributed by atoms with Gasteiger partial charge in [0.1, 0.15) is 0 Å². The molecule has 0 fully saturated rings. The van der Waals surface area contributed by atoms with Crippen LogP contribution >= 0.6 is 11.3 Å². The first-order valence-corrected chi connectivity index (χ1v) is 14.2. The van der Waals surface area contributed by atoms with E-state index in [2.05, 4.69) is 53.7 Å². The maximum atomic E-state index is 14.1. The van der Waals surface area contributed by atoms with Crippen molar-refractivity contribution in [3.63, 3.8) is 0 Å². The molecule has 5 rings (SSSR count). The van der Waals surface area contributed by atoms with Crippen LogP contribution in [0, 0.1) is 20.8 Å². The number of aromatic nitrogens is 2. The first-order chi connectivity index (χ1) is 19.7. The van der Waals surface area contributed by atoms with Gasteiger partial charge in [-0.2, -0.15) is 0 Å². The van der Waals surface area contributed by atoms with Crippen molar-refractivity contribution in [2.45, 2.75) is 40.7 Å². The van der Waals surface area contributed by atoms with Gasteiger partial charge in [-0.05, 0) is 82.2 Å². The number of carbonyl (C=O) groups is 1. The minimum atomic E-state index is -0.743. The molecule has 1 aliphatic rings. The number of hydrogen-bond acceptors (Lipinski definition) is 7. The van der Waals surface area contributed by atoms with Gasteiger partial charge < -0.3 is 18.8 Å². The number of allylic oxidation sites excluding steroid dienone is 1. The highest BCUT2D eigenvalue weighted by atomic mass is 32.1. The first-order valence-electron chi connectivity index (χ1n) is 13.4. The zero-order valence-corrected chi connectivity index (χ0v) is 25.1. The number of carbonyl (C=O) groups excluding carboxylic acids is 1. The van der Waals surface area contributed by atoms with Crippen molar-refractivity contribution in [3.05, 3.63) is 108 Å². The number of rotatable bonds is 7. The largest absolute Gasteiger partial charge is 0.493 e. The molecule has 0 amide bonds. The van der Waals surface area contributed by atoms with Gasteiger partial charge in [0.05, 0.1) is 42.7 Å². The zero-order valence-electron chi connectivity index (χ0n) is 24.3. The third-order valence-electron chi connectivity index (χ3n) is 7.29. The van der Waals surface area contributed by atoms with Crippen LogP contribution in [0.2, 0.25) is 0 Å². The van der Waals surface area contributed by atoms with Crippen LogP contribution in [0.4, 0.5) is 0 Å². The summed E-state index contributed by atoms with van der Waals surface area (Å²) >= 11 is 1.30. The quantitative estimate of drug-likeness (QED) is 0.305.